The average Bonchev–Trinajstić information content (AvgIpc) is 2.75. The lowest BCUT2D eigenvalue weighted by molar-refractivity contribution is 0.122. The van der Waals surface area contributed by atoms with Gasteiger partial charge in [-0.2, -0.15) is 8.78 Å². The number of benzene rings is 1. The van der Waals surface area contributed by atoms with E-state index in [1.165, 1.54) is 0 Å². The summed E-state index contributed by atoms with van der Waals surface area (Å²) >= 11 is 0. The van der Waals surface area contributed by atoms with Crippen LogP contribution in [0, 0.1) is 10.8 Å². The van der Waals surface area contributed by atoms with Crippen LogP contribution in [0.2, 0.25) is 0 Å². The van der Waals surface area contributed by atoms with Crippen LogP contribution in [0.25, 0.3) is 0 Å². The SMILES string of the molecule is N=CC(C=NC(F)F)c1ccc(N)c(C(=N)c2ccnc(N3CCOCC3)c2)c1. The Kier molecular flexibility index (Phi) is 6.61. The summed E-state index contributed by atoms with van der Waals surface area (Å²) in [5.41, 5.74) is 8.31. The van der Waals surface area contributed by atoms with Crippen molar-refractivity contribution in [3.63, 3.8) is 0 Å². The van der Waals surface area contributed by atoms with E-state index in [1.54, 1.807) is 30.5 Å². The maximum absolute atomic E-state index is 12.4. The van der Waals surface area contributed by atoms with Gasteiger partial charge in [-0.3, -0.25) is 5.41 Å². The van der Waals surface area contributed by atoms with E-state index in [0.29, 0.717) is 35.6 Å². The normalized spacial score (nSPS) is 15.6. The van der Waals surface area contributed by atoms with Gasteiger partial charge in [-0.1, -0.05) is 6.07 Å². The predicted molar refractivity (Wildman–Crippen MR) is 110 cm³/mol. The highest BCUT2D eigenvalue weighted by molar-refractivity contribution is 6.14. The van der Waals surface area contributed by atoms with Crippen LogP contribution in [0.4, 0.5) is 20.3 Å². The van der Waals surface area contributed by atoms with Crippen molar-refractivity contribution in [2.75, 3.05) is 36.9 Å². The third-order valence-electron chi connectivity index (χ3n) is 4.64. The van der Waals surface area contributed by atoms with Gasteiger partial charge in [-0.05, 0) is 29.8 Å². The molecule has 0 aliphatic carbocycles. The zero-order valence-electron chi connectivity index (χ0n) is 15.7. The topological polar surface area (TPSA) is 111 Å². The minimum atomic E-state index is -2.83. The number of rotatable bonds is 7. The number of halogens is 2. The second kappa shape index (κ2) is 9.33. The van der Waals surface area contributed by atoms with E-state index in [2.05, 4.69) is 14.9 Å². The van der Waals surface area contributed by atoms with Gasteiger partial charge in [0.2, 0.25) is 0 Å². The molecule has 9 heteroatoms. The van der Waals surface area contributed by atoms with Crippen LogP contribution in [0.3, 0.4) is 0 Å². The fraction of sp³-hybridized carbons (Fsp3) is 0.300. The highest BCUT2D eigenvalue weighted by Gasteiger charge is 2.17. The Morgan fingerprint density at radius 1 is 1.24 bits per heavy atom. The van der Waals surface area contributed by atoms with Gasteiger partial charge < -0.3 is 20.8 Å². The molecular weight excluding hydrogens is 378 g/mol. The fourth-order valence-corrected chi connectivity index (χ4v) is 3.08. The maximum atomic E-state index is 12.4. The molecule has 1 aromatic carbocycles. The van der Waals surface area contributed by atoms with Crippen molar-refractivity contribution < 1.29 is 13.5 Å². The Labute approximate surface area is 167 Å². The van der Waals surface area contributed by atoms with Gasteiger partial charge in [0.15, 0.2) is 0 Å². The summed E-state index contributed by atoms with van der Waals surface area (Å²) in [5, 5.41) is 16.1. The summed E-state index contributed by atoms with van der Waals surface area (Å²) in [7, 11) is 0. The van der Waals surface area contributed by atoms with Gasteiger partial charge in [0.1, 0.15) is 5.82 Å². The van der Waals surface area contributed by atoms with E-state index in [4.69, 9.17) is 21.3 Å². The molecule has 2 heterocycles. The number of aliphatic imine (C=N–C) groups is 1. The number of aromatic nitrogens is 1. The molecule has 1 atom stereocenters. The summed E-state index contributed by atoms with van der Waals surface area (Å²) in [6.45, 7) is -0.121. The Morgan fingerprint density at radius 2 is 2.00 bits per heavy atom. The van der Waals surface area contributed by atoms with E-state index < -0.39 is 12.5 Å². The van der Waals surface area contributed by atoms with Crippen LogP contribution in [0.1, 0.15) is 22.6 Å². The van der Waals surface area contributed by atoms with E-state index >= 15 is 0 Å². The number of hydrogen-bond donors (Lipinski definition) is 3. The number of nitrogens with two attached hydrogens (primary N) is 1. The van der Waals surface area contributed by atoms with Crippen molar-refractivity contribution in [2.45, 2.75) is 12.5 Å². The third-order valence-corrected chi connectivity index (χ3v) is 4.64. The molecule has 1 aromatic heterocycles. The smallest absolute Gasteiger partial charge is 0.331 e. The first kappa shape index (κ1) is 20.5. The van der Waals surface area contributed by atoms with Gasteiger partial charge >= 0.3 is 6.55 Å². The van der Waals surface area contributed by atoms with Crippen LogP contribution >= 0.6 is 0 Å². The summed E-state index contributed by atoms with van der Waals surface area (Å²) in [6, 6.07) is 8.44. The van der Waals surface area contributed by atoms with Crippen molar-refractivity contribution >= 4 is 29.6 Å². The molecule has 1 unspecified atom stereocenters. The molecule has 0 radical (unpaired) electrons. The minimum Gasteiger partial charge on any atom is -0.398 e. The van der Waals surface area contributed by atoms with Crippen molar-refractivity contribution in [1.29, 1.82) is 10.8 Å². The zero-order chi connectivity index (χ0) is 20.8. The first-order valence-corrected chi connectivity index (χ1v) is 9.09. The lowest BCUT2D eigenvalue weighted by Gasteiger charge is -2.28. The third kappa shape index (κ3) is 5.00. The molecule has 1 aliphatic rings. The number of nitrogens with one attached hydrogen (secondary N) is 2. The standard InChI is InChI=1S/C20H22F2N6O/c21-20(22)27-12-15(11-23)13-1-2-17(24)16(9-13)19(25)14-3-4-26-18(10-14)28-5-7-29-8-6-28/h1-4,9-12,15,20,23,25H,5-8,24H2. The minimum absolute atomic E-state index is 0.191. The molecule has 152 valence electrons. The first-order chi connectivity index (χ1) is 14.0. The van der Waals surface area contributed by atoms with Crippen molar-refractivity contribution in [3.8, 4) is 0 Å². The van der Waals surface area contributed by atoms with E-state index in [0.717, 1.165) is 31.3 Å². The second-order valence-corrected chi connectivity index (χ2v) is 6.49. The highest BCUT2D eigenvalue weighted by Crippen LogP contribution is 2.24. The monoisotopic (exact) mass is 400 g/mol. The molecule has 2 aromatic rings. The number of morpholine rings is 1. The Morgan fingerprint density at radius 3 is 2.69 bits per heavy atom. The first-order valence-electron chi connectivity index (χ1n) is 9.09. The summed E-state index contributed by atoms with van der Waals surface area (Å²) in [6.07, 6.45) is 3.69. The number of pyridine rings is 1. The number of hydrogen-bond acceptors (Lipinski definition) is 7. The van der Waals surface area contributed by atoms with Crippen LogP contribution < -0.4 is 10.6 Å². The van der Waals surface area contributed by atoms with Crippen LogP contribution in [0.15, 0.2) is 41.5 Å². The van der Waals surface area contributed by atoms with Gasteiger partial charge in [-0.25, -0.2) is 9.98 Å². The Balaban J connectivity index is 1.90. The molecular formula is C20H22F2N6O. The molecule has 0 saturated carbocycles. The molecule has 0 spiro atoms. The van der Waals surface area contributed by atoms with E-state index in [-0.39, 0.29) is 5.71 Å². The van der Waals surface area contributed by atoms with Gasteiger partial charge in [0.05, 0.1) is 24.8 Å². The largest absolute Gasteiger partial charge is 0.398 e. The number of nitrogen functional groups attached to an aromatic ring is 1. The fourth-order valence-electron chi connectivity index (χ4n) is 3.08. The molecule has 4 N–H and O–H groups in total. The van der Waals surface area contributed by atoms with E-state index in [1.807, 2.05) is 6.07 Å². The lowest BCUT2D eigenvalue weighted by Crippen LogP contribution is -2.36. The van der Waals surface area contributed by atoms with Crippen molar-refractivity contribution in [3.05, 3.63) is 53.2 Å². The summed E-state index contributed by atoms with van der Waals surface area (Å²) in [5.74, 6) is 0.0317. The molecule has 1 saturated heterocycles. The molecule has 1 aliphatic heterocycles. The van der Waals surface area contributed by atoms with Gasteiger partial charge in [-0.15, -0.1) is 0 Å². The highest BCUT2D eigenvalue weighted by atomic mass is 19.3. The Hall–Kier alpha value is -3.20. The van der Waals surface area contributed by atoms with Gasteiger partial charge in [0.25, 0.3) is 0 Å². The Bertz CT molecular complexity index is 912. The lowest BCUT2D eigenvalue weighted by atomic mass is 9.94. The van der Waals surface area contributed by atoms with Crippen molar-refractivity contribution in [1.82, 2.24) is 4.98 Å². The number of ether oxygens (including phenoxy) is 1. The summed E-state index contributed by atoms with van der Waals surface area (Å²) < 4.78 is 30.1. The molecule has 29 heavy (non-hydrogen) atoms. The predicted octanol–water partition coefficient (Wildman–Crippen LogP) is 2.94. The summed E-state index contributed by atoms with van der Waals surface area (Å²) in [4.78, 5) is 9.55. The van der Waals surface area contributed by atoms with Crippen molar-refractivity contribution in [2.24, 2.45) is 4.99 Å². The molecule has 1 fully saturated rings. The van der Waals surface area contributed by atoms with E-state index in [9.17, 15) is 8.78 Å². The van der Waals surface area contributed by atoms with Gasteiger partial charge in [0, 0.05) is 48.5 Å². The number of alkyl halides is 2. The van der Waals surface area contributed by atoms with Crippen LogP contribution in [0.5, 0.6) is 0 Å². The van der Waals surface area contributed by atoms with Crippen LogP contribution in [-0.2, 0) is 4.74 Å². The molecule has 7 nitrogen and oxygen atoms in total. The molecule has 0 bridgehead atoms. The maximum Gasteiger partial charge on any atom is 0.331 e. The zero-order valence-corrected chi connectivity index (χ0v) is 15.7. The quantitative estimate of drug-likeness (QED) is 0.377. The second-order valence-electron chi connectivity index (χ2n) is 6.49. The average molecular weight is 400 g/mol. The number of nitrogens with zero attached hydrogens (tertiary/aromatic N) is 3. The molecule has 3 rings (SSSR count). The number of anilines is 2. The molecule has 0 amide bonds. The van der Waals surface area contributed by atoms with Crippen LogP contribution in [-0.4, -0.2) is 56.0 Å².